The summed E-state index contributed by atoms with van der Waals surface area (Å²) < 4.78 is 10.6. The predicted molar refractivity (Wildman–Crippen MR) is 118 cm³/mol. The second kappa shape index (κ2) is 11.3. The van der Waals surface area contributed by atoms with Crippen molar-refractivity contribution in [3.8, 4) is 0 Å². The van der Waals surface area contributed by atoms with Crippen molar-refractivity contribution in [2.75, 3.05) is 0 Å². The number of hydrogen-bond donors (Lipinski definition) is 2. The lowest BCUT2D eigenvalue weighted by Gasteiger charge is -2.18. The Hall–Kier alpha value is -4.13. The smallest absolute Gasteiger partial charge is 0.408 e. The van der Waals surface area contributed by atoms with Crippen LogP contribution in [0.4, 0.5) is 4.79 Å². The predicted octanol–water partition coefficient (Wildman–Crippen LogP) is 3.37. The summed E-state index contributed by atoms with van der Waals surface area (Å²) in [6.45, 7) is 0.0195. The Bertz CT molecular complexity index is 1050. The van der Waals surface area contributed by atoms with E-state index in [0.717, 1.165) is 11.1 Å². The maximum Gasteiger partial charge on any atom is 0.408 e. The van der Waals surface area contributed by atoms with E-state index in [2.05, 4.69) is 5.32 Å². The number of primary amides is 1. The van der Waals surface area contributed by atoms with Crippen LogP contribution in [-0.4, -0.2) is 24.0 Å². The van der Waals surface area contributed by atoms with Crippen molar-refractivity contribution in [1.29, 1.82) is 0 Å². The second-order valence-corrected chi connectivity index (χ2v) is 7.12. The number of nitrogens with one attached hydrogen (secondary N) is 1. The molecule has 0 aliphatic heterocycles. The molecule has 0 spiro atoms. The fourth-order valence-corrected chi connectivity index (χ4v) is 3.02. The van der Waals surface area contributed by atoms with Crippen molar-refractivity contribution >= 4 is 18.0 Å². The molecule has 2 amide bonds. The molecule has 0 fully saturated rings. The van der Waals surface area contributed by atoms with Crippen molar-refractivity contribution in [1.82, 2.24) is 5.32 Å². The van der Waals surface area contributed by atoms with Crippen molar-refractivity contribution in [3.63, 3.8) is 0 Å². The van der Waals surface area contributed by atoms with Gasteiger partial charge in [0.15, 0.2) is 0 Å². The van der Waals surface area contributed by atoms with E-state index in [1.54, 1.807) is 24.3 Å². The molecule has 0 heterocycles. The number of nitrogens with two attached hydrogens (primary N) is 1. The van der Waals surface area contributed by atoms with Crippen LogP contribution in [0, 0.1) is 0 Å². The van der Waals surface area contributed by atoms with Crippen molar-refractivity contribution in [3.05, 3.63) is 107 Å². The highest BCUT2D eigenvalue weighted by Gasteiger charge is 2.24. The van der Waals surface area contributed by atoms with Gasteiger partial charge in [0.25, 0.3) is 0 Å². The summed E-state index contributed by atoms with van der Waals surface area (Å²) in [5.74, 6) is -1.18. The summed E-state index contributed by atoms with van der Waals surface area (Å²) in [7, 11) is 0. The molecule has 0 bridgehead atoms. The van der Waals surface area contributed by atoms with E-state index in [1.807, 2.05) is 60.7 Å². The van der Waals surface area contributed by atoms with Gasteiger partial charge in [-0.25, -0.2) is 9.59 Å². The summed E-state index contributed by atoms with van der Waals surface area (Å²) >= 11 is 0. The summed E-state index contributed by atoms with van der Waals surface area (Å²) in [6, 6.07) is 24.1. The fraction of sp³-hybridized carbons (Fsp3) is 0.160. The lowest BCUT2D eigenvalue weighted by molar-refractivity contribution is -0.147. The Morgan fingerprint density at radius 1 is 0.750 bits per heavy atom. The molecule has 7 nitrogen and oxygen atoms in total. The van der Waals surface area contributed by atoms with Crippen LogP contribution in [0.25, 0.3) is 0 Å². The number of alkyl carbamates (subject to hydrolysis) is 1. The number of rotatable bonds is 9. The van der Waals surface area contributed by atoms with Gasteiger partial charge in [-0.2, -0.15) is 0 Å². The van der Waals surface area contributed by atoms with E-state index in [9.17, 15) is 14.4 Å². The van der Waals surface area contributed by atoms with Crippen LogP contribution in [0.3, 0.4) is 0 Å². The summed E-state index contributed by atoms with van der Waals surface area (Å²) in [4.78, 5) is 36.4. The first-order valence-corrected chi connectivity index (χ1v) is 10.1. The summed E-state index contributed by atoms with van der Waals surface area (Å²) in [5, 5.41) is 2.59. The Labute approximate surface area is 186 Å². The molecule has 3 aromatic carbocycles. The molecular formula is C25H24N2O5. The van der Waals surface area contributed by atoms with Crippen LogP contribution in [0.1, 0.15) is 27.0 Å². The molecular weight excluding hydrogens is 408 g/mol. The maximum atomic E-state index is 12.8. The molecule has 3 aromatic rings. The Kier molecular flexibility index (Phi) is 7.97. The van der Waals surface area contributed by atoms with Gasteiger partial charge in [0.2, 0.25) is 5.91 Å². The number of carbonyl (C=O) groups is 3. The van der Waals surface area contributed by atoms with Crippen LogP contribution in [0.5, 0.6) is 0 Å². The standard InChI is InChI=1S/C25H24N2O5/c26-23(28)21-13-7-12-20(14-21)17-31-24(29)22(15-18-8-3-1-4-9-18)27-25(30)32-16-19-10-5-2-6-11-19/h1-14,22H,15-17H2,(H2,26,28)(H,27,30)/t22-/m0/s1. The van der Waals surface area contributed by atoms with Crippen LogP contribution in [0.15, 0.2) is 84.9 Å². The molecule has 3 rings (SSSR count). The van der Waals surface area contributed by atoms with Gasteiger partial charge in [-0.1, -0.05) is 72.8 Å². The first-order valence-electron chi connectivity index (χ1n) is 10.1. The average molecular weight is 432 g/mol. The number of benzene rings is 3. The normalized spacial score (nSPS) is 11.2. The SMILES string of the molecule is NC(=O)c1cccc(COC(=O)[C@H](Cc2ccccc2)NC(=O)OCc2ccccc2)c1. The zero-order valence-electron chi connectivity index (χ0n) is 17.4. The third kappa shape index (κ3) is 6.98. The van der Waals surface area contributed by atoms with E-state index in [-0.39, 0.29) is 19.6 Å². The maximum absolute atomic E-state index is 12.8. The van der Waals surface area contributed by atoms with E-state index in [0.29, 0.717) is 11.1 Å². The minimum absolute atomic E-state index is 0.0635. The average Bonchev–Trinajstić information content (AvgIpc) is 2.82. The zero-order chi connectivity index (χ0) is 22.8. The molecule has 164 valence electrons. The van der Waals surface area contributed by atoms with Gasteiger partial charge in [0, 0.05) is 12.0 Å². The first kappa shape index (κ1) is 22.6. The van der Waals surface area contributed by atoms with Crippen LogP contribution in [0.2, 0.25) is 0 Å². The van der Waals surface area contributed by atoms with Gasteiger partial charge < -0.3 is 20.5 Å². The molecule has 0 aromatic heterocycles. The third-order valence-electron chi connectivity index (χ3n) is 4.66. The second-order valence-electron chi connectivity index (χ2n) is 7.12. The minimum Gasteiger partial charge on any atom is -0.459 e. The molecule has 7 heteroatoms. The van der Waals surface area contributed by atoms with Gasteiger partial charge >= 0.3 is 12.1 Å². The lowest BCUT2D eigenvalue weighted by Crippen LogP contribution is -2.43. The highest BCUT2D eigenvalue weighted by atomic mass is 16.6. The van der Waals surface area contributed by atoms with Gasteiger partial charge in [0.1, 0.15) is 19.3 Å². The van der Waals surface area contributed by atoms with Crippen LogP contribution >= 0.6 is 0 Å². The molecule has 3 N–H and O–H groups in total. The minimum atomic E-state index is -0.944. The van der Waals surface area contributed by atoms with Gasteiger partial charge in [0.05, 0.1) is 0 Å². The molecule has 0 aliphatic rings. The highest BCUT2D eigenvalue weighted by molar-refractivity contribution is 5.92. The Morgan fingerprint density at radius 2 is 1.34 bits per heavy atom. The molecule has 0 unspecified atom stereocenters. The number of amides is 2. The molecule has 32 heavy (non-hydrogen) atoms. The number of hydrogen-bond acceptors (Lipinski definition) is 5. The van der Waals surface area contributed by atoms with E-state index in [4.69, 9.17) is 15.2 Å². The number of carbonyl (C=O) groups excluding carboxylic acids is 3. The molecule has 0 radical (unpaired) electrons. The topological polar surface area (TPSA) is 108 Å². The molecule has 0 aliphatic carbocycles. The van der Waals surface area contributed by atoms with Crippen molar-refractivity contribution in [2.24, 2.45) is 5.73 Å². The van der Waals surface area contributed by atoms with Gasteiger partial charge in [-0.05, 0) is 28.8 Å². The van der Waals surface area contributed by atoms with E-state index >= 15 is 0 Å². The van der Waals surface area contributed by atoms with E-state index < -0.39 is 24.0 Å². The van der Waals surface area contributed by atoms with Crippen LogP contribution in [-0.2, 0) is 33.9 Å². The Morgan fingerprint density at radius 3 is 2.00 bits per heavy atom. The largest absolute Gasteiger partial charge is 0.459 e. The van der Waals surface area contributed by atoms with Crippen molar-refractivity contribution < 1.29 is 23.9 Å². The van der Waals surface area contributed by atoms with Gasteiger partial charge in [-0.15, -0.1) is 0 Å². The Balaban J connectivity index is 1.63. The van der Waals surface area contributed by atoms with E-state index in [1.165, 1.54) is 0 Å². The van der Waals surface area contributed by atoms with Crippen LogP contribution < -0.4 is 11.1 Å². The highest BCUT2D eigenvalue weighted by Crippen LogP contribution is 2.10. The number of esters is 1. The zero-order valence-corrected chi connectivity index (χ0v) is 17.4. The molecule has 0 saturated carbocycles. The monoisotopic (exact) mass is 432 g/mol. The third-order valence-corrected chi connectivity index (χ3v) is 4.66. The molecule has 1 atom stereocenters. The first-order chi connectivity index (χ1) is 15.5. The lowest BCUT2D eigenvalue weighted by atomic mass is 10.1. The quantitative estimate of drug-likeness (QED) is 0.504. The fourth-order valence-electron chi connectivity index (χ4n) is 3.02. The van der Waals surface area contributed by atoms with Gasteiger partial charge in [-0.3, -0.25) is 4.79 Å². The number of ether oxygens (including phenoxy) is 2. The summed E-state index contributed by atoms with van der Waals surface area (Å²) in [6.07, 6.45) is -0.482. The summed E-state index contributed by atoms with van der Waals surface area (Å²) in [5.41, 5.74) is 7.91. The molecule has 0 saturated heterocycles. The van der Waals surface area contributed by atoms with Crippen molar-refractivity contribution in [2.45, 2.75) is 25.7 Å².